The molecular formula is C22H31NO3. The van der Waals surface area contributed by atoms with Gasteiger partial charge in [0.25, 0.3) is 0 Å². The minimum Gasteiger partial charge on any atom is -0.298 e. The van der Waals surface area contributed by atoms with Gasteiger partial charge in [-0.05, 0) is 68.6 Å². The molecule has 2 fully saturated rings. The van der Waals surface area contributed by atoms with Crippen LogP contribution < -0.4 is 0 Å². The van der Waals surface area contributed by atoms with Crippen LogP contribution in [0, 0.1) is 28.6 Å². The summed E-state index contributed by atoms with van der Waals surface area (Å²) in [6.45, 7) is 8.50. The van der Waals surface area contributed by atoms with E-state index >= 15 is 0 Å². The fraction of sp³-hybridized carbons (Fsp3) is 0.773. The number of allylic oxidation sites excluding steroid dienone is 2. The number of nitrogens with zero attached hydrogens (tertiary/aromatic N) is 1. The first-order valence-corrected chi connectivity index (χ1v) is 10.2. The van der Waals surface area contributed by atoms with E-state index in [1.807, 2.05) is 0 Å². The van der Waals surface area contributed by atoms with Crippen LogP contribution in [-0.2, 0) is 14.4 Å². The fourth-order valence-corrected chi connectivity index (χ4v) is 6.58. The zero-order valence-corrected chi connectivity index (χ0v) is 16.6. The number of likely N-dealkylation sites (tertiary alicyclic amines) is 1. The molecule has 0 aromatic carbocycles. The molecule has 4 nitrogen and oxygen atoms in total. The van der Waals surface area contributed by atoms with Crippen LogP contribution in [0.5, 0.6) is 0 Å². The highest BCUT2D eigenvalue weighted by Crippen LogP contribution is 2.62. The van der Waals surface area contributed by atoms with Gasteiger partial charge in [-0.2, -0.15) is 0 Å². The molecule has 0 bridgehead atoms. The predicted octanol–water partition coefficient (Wildman–Crippen LogP) is 3.89. The Kier molecular flexibility index (Phi) is 3.98. The number of carbonyl (C=O) groups is 3. The van der Waals surface area contributed by atoms with Gasteiger partial charge in [-0.25, -0.2) is 0 Å². The van der Waals surface area contributed by atoms with Crippen molar-refractivity contribution in [3.05, 3.63) is 11.1 Å². The van der Waals surface area contributed by atoms with Crippen molar-refractivity contribution in [2.45, 2.75) is 72.6 Å². The molecule has 4 heteroatoms. The van der Waals surface area contributed by atoms with Gasteiger partial charge in [-0.1, -0.05) is 31.9 Å². The lowest BCUT2D eigenvalue weighted by Gasteiger charge is -2.54. The summed E-state index contributed by atoms with van der Waals surface area (Å²) in [6, 6.07) is 0. The first-order valence-electron chi connectivity index (χ1n) is 10.2. The van der Waals surface area contributed by atoms with Crippen molar-refractivity contribution in [3.63, 3.8) is 0 Å². The molecule has 1 aliphatic heterocycles. The Morgan fingerprint density at radius 3 is 2.46 bits per heavy atom. The van der Waals surface area contributed by atoms with Crippen LogP contribution in [0.15, 0.2) is 11.1 Å². The molecule has 0 N–H and O–H groups in total. The average Bonchev–Trinajstić information content (AvgIpc) is 2.77. The highest BCUT2D eigenvalue weighted by atomic mass is 16.2. The lowest BCUT2D eigenvalue weighted by molar-refractivity contribution is -0.142. The SMILES string of the molecule is CC(=O)CN1C(=O)C2CC3CCC4=C(CCCC4(C)C)C3(C)CC2C1=O. The van der Waals surface area contributed by atoms with E-state index in [0.29, 0.717) is 5.92 Å². The Morgan fingerprint density at radius 2 is 1.77 bits per heavy atom. The number of hydrogen-bond donors (Lipinski definition) is 0. The van der Waals surface area contributed by atoms with Gasteiger partial charge in [0.1, 0.15) is 5.78 Å². The quantitative estimate of drug-likeness (QED) is 0.556. The van der Waals surface area contributed by atoms with E-state index in [-0.39, 0.29) is 46.8 Å². The van der Waals surface area contributed by atoms with Gasteiger partial charge in [-0.3, -0.25) is 19.3 Å². The lowest BCUT2D eigenvalue weighted by Crippen LogP contribution is -2.46. The molecule has 1 saturated heterocycles. The summed E-state index contributed by atoms with van der Waals surface area (Å²) in [7, 11) is 0. The Labute approximate surface area is 156 Å². The molecular weight excluding hydrogens is 326 g/mol. The molecule has 0 spiro atoms. The Bertz CT molecular complexity index is 719. The molecule has 0 radical (unpaired) electrons. The number of rotatable bonds is 2. The summed E-state index contributed by atoms with van der Waals surface area (Å²) in [6.07, 6.45) is 7.53. The van der Waals surface area contributed by atoms with Crippen molar-refractivity contribution in [2.24, 2.45) is 28.6 Å². The van der Waals surface area contributed by atoms with E-state index in [0.717, 1.165) is 32.1 Å². The Balaban J connectivity index is 1.69. The second kappa shape index (κ2) is 5.77. The summed E-state index contributed by atoms with van der Waals surface area (Å²) in [4.78, 5) is 38.5. The third kappa shape index (κ3) is 2.44. The molecule has 142 valence electrons. The second-order valence-corrected chi connectivity index (χ2v) is 9.97. The van der Waals surface area contributed by atoms with Crippen LogP contribution in [0.4, 0.5) is 0 Å². The molecule has 1 heterocycles. The third-order valence-corrected chi connectivity index (χ3v) is 7.96. The van der Waals surface area contributed by atoms with Crippen molar-refractivity contribution in [1.29, 1.82) is 0 Å². The molecule has 1 saturated carbocycles. The van der Waals surface area contributed by atoms with Gasteiger partial charge in [0.2, 0.25) is 11.8 Å². The fourth-order valence-electron chi connectivity index (χ4n) is 6.58. The third-order valence-electron chi connectivity index (χ3n) is 7.96. The van der Waals surface area contributed by atoms with Crippen LogP contribution in [0.25, 0.3) is 0 Å². The van der Waals surface area contributed by atoms with Crippen molar-refractivity contribution >= 4 is 17.6 Å². The number of Topliss-reactive ketones (excluding diaryl/α,β-unsaturated/α-hetero) is 1. The first-order chi connectivity index (χ1) is 12.1. The molecule has 2 amide bonds. The maximum atomic E-state index is 12.9. The van der Waals surface area contributed by atoms with E-state index in [1.165, 1.54) is 24.7 Å². The number of imide groups is 1. The van der Waals surface area contributed by atoms with Crippen LogP contribution in [0.1, 0.15) is 72.6 Å². The van der Waals surface area contributed by atoms with Gasteiger partial charge >= 0.3 is 0 Å². The topological polar surface area (TPSA) is 54.5 Å². The van der Waals surface area contributed by atoms with E-state index in [1.54, 1.807) is 11.1 Å². The molecule has 0 aromatic heterocycles. The smallest absolute Gasteiger partial charge is 0.233 e. The molecule has 4 atom stereocenters. The van der Waals surface area contributed by atoms with Gasteiger partial charge in [0.15, 0.2) is 0 Å². The molecule has 4 rings (SSSR count). The first kappa shape index (κ1) is 17.9. The summed E-state index contributed by atoms with van der Waals surface area (Å²) in [5.41, 5.74) is 3.57. The van der Waals surface area contributed by atoms with E-state index in [2.05, 4.69) is 20.8 Å². The standard InChI is InChI=1S/C22H31NO3/c1-13(24)12-23-19(25)15-10-14-7-8-17-18(6-5-9-21(17,2)3)22(14,4)11-16(15)20(23)26/h14-16H,5-12H2,1-4H3. The van der Waals surface area contributed by atoms with E-state index < -0.39 is 0 Å². The molecule has 3 aliphatic carbocycles. The van der Waals surface area contributed by atoms with Crippen molar-refractivity contribution in [1.82, 2.24) is 4.90 Å². The minimum absolute atomic E-state index is 0.0486. The highest BCUT2D eigenvalue weighted by Gasteiger charge is 2.58. The van der Waals surface area contributed by atoms with Crippen LogP contribution >= 0.6 is 0 Å². The molecule has 4 unspecified atom stereocenters. The van der Waals surface area contributed by atoms with Crippen molar-refractivity contribution in [3.8, 4) is 0 Å². The Hall–Kier alpha value is -1.45. The monoisotopic (exact) mass is 357 g/mol. The summed E-state index contributed by atoms with van der Waals surface area (Å²) >= 11 is 0. The Morgan fingerprint density at radius 1 is 1.08 bits per heavy atom. The number of ketones is 1. The highest BCUT2D eigenvalue weighted by molar-refractivity contribution is 6.07. The van der Waals surface area contributed by atoms with Crippen LogP contribution in [0.3, 0.4) is 0 Å². The number of carbonyl (C=O) groups excluding carboxylic acids is 3. The van der Waals surface area contributed by atoms with Gasteiger partial charge in [0, 0.05) is 0 Å². The van der Waals surface area contributed by atoms with Crippen LogP contribution in [-0.4, -0.2) is 29.0 Å². The predicted molar refractivity (Wildman–Crippen MR) is 99.1 cm³/mol. The normalized spacial score (nSPS) is 38.8. The molecule has 0 aromatic rings. The van der Waals surface area contributed by atoms with Crippen molar-refractivity contribution in [2.75, 3.05) is 6.54 Å². The van der Waals surface area contributed by atoms with E-state index in [9.17, 15) is 14.4 Å². The average molecular weight is 357 g/mol. The minimum atomic E-state index is -0.222. The van der Waals surface area contributed by atoms with E-state index in [4.69, 9.17) is 0 Å². The largest absolute Gasteiger partial charge is 0.298 e. The molecule has 4 aliphatic rings. The number of fused-ring (bicyclic) bond motifs is 3. The maximum absolute atomic E-state index is 12.9. The summed E-state index contributed by atoms with van der Waals surface area (Å²) < 4.78 is 0. The second-order valence-electron chi connectivity index (χ2n) is 9.97. The summed E-state index contributed by atoms with van der Waals surface area (Å²) in [5.74, 6) is -0.240. The van der Waals surface area contributed by atoms with Gasteiger partial charge in [-0.15, -0.1) is 0 Å². The van der Waals surface area contributed by atoms with Crippen LogP contribution in [0.2, 0.25) is 0 Å². The number of amides is 2. The zero-order valence-electron chi connectivity index (χ0n) is 16.6. The number of hydrogen-bond acceptors (Lipinski definition) is 3. The summed E-state index contributed by atoms with van der Waals surface area (Å²) in [5, 5.41) is 0. The zero-order chi connectivity index (χ0) is 18.9. The molecule has 26 heavy (non-hydrogen) atoms. The maximum Gasteiger partial charge on any atom is 0.233 e. The van der Waals surface area contributed by atoms with Crippen molar-refractivity contribution < 1.29 is 14.4 Å². The van der Waals surface area contributed by atoms with Gasteiger partial charge < -0.3 is 0 Å². The lowest BCUT2D eigenvalue weighted by atomic mass is 9.50. The van der Waals surface area contributed by atoms with Gasteiger partial charge in [0.05, 0.1) is 18.4 Å².